The first kappa shape index (κ1) is 19.8. The third kappa shape index (κ3) is 5.53. The summed E-state index contributed by atoms with van der Waals surface area (Å²) in [5.41, 5.74) is 1.60. The molecule has 1 aliphatic heterocycles. The Morgan fingerprint density at radius 1 is 1.04 bits per heavy atom. The third-order valence-corrected chi connectivity index (χ3v) is 4.59. The molecule has 0 bridgehead atoms. The second-order valence-corrected chi connectivity index (χ2v) is 6.75. The fourth-order valence-corrected chi connectivity index (χ4v) is 3.12. The quantitative estimate of drug-likeness (QED) is 0.830. The van der Waals surface area contributed by atoms with Gasteiger partial charge in [0.05, 0.1) is 5.69 Å². The van der Waals surface area contributed by atoms with E-state index in [1.165, 1.54) is 19.1 Å². The minimum atomic E-state index is -0.237. The number of halogens is 1. The van der Waals surface area contributed by atoms with Crippen LogP contribution in [0, 0.1) is 5.82 Å². The molecule has 2 aromatic rings. The van der Waals surface area contributed by atoms with Crippen molar-refractivity contribution in [2.45, 2.75) is 13.5 Å². The highest BCUT2D eigenvalue weighted by atomic mass is 19.1. The molecule has 1 saturated heterocycles. The van der Waals surface area contributed by atoms with Crippen LogP contribution in [0.2, 0.25) is 0 Å². The van der Waals surface area contributed by atoms with Gasteiger partial charge >= 0.3 is 0 Å². The van der Waals surface area contributed by atoms with Gasteiger partial charge in [0.1, 0.15) is 11.6 Å². The summed E-state index contributed by atoms with van der Waals surface area (Å²) in [4.78, 5) is 27.7. The van der Waals surface area contributed by atoms with Gasteiger partial charge in [0.15, 0.2) is 6.61 Å². The lowest BCUT2D eigenvalue weighted by atomic mass is 10.2. The van der Waals surface area contributed by atoms with Crippen LogP contribution in [0.25, 0.3) is 0 Å². The molecular weight excluding hydrogens is 361 g/mol. The number of rotatable bonds is 6. The van der Waals surface area contributed by atoms with Crippen LogP contribution in [-0.2, 0) is 16.1 Å². The number of hydrogen-bond acceptors (Lipinski definition) is 4. The molecule has 2 amide bonds. The van der Waals surface area contributed by atoms with E-state index in [1.54, 1.807) is 41.3 Å². The Morgan fingerprint density at radius 3 is 2.39 bits per heavy atom. The van der Waals surface area contributed by atoms with Gasteiger partial charge < -0.3 is 15.0 Å². The normalized spacial score (nSPS) is 14.6. The number of nitrogens with one attached hydrogen (secondary N) is 1. The van der Waals surface area contributed by atoms with E-state index in [2.05, 4.69) is 10.2 Å². The number of carbonyl (C=O) groups excluding carboxylic acids is 2. The molecule has 148 valence electrons. The molecule has 28 heavy (non-hydrogen) atoms. The van der Waals surface area contributed by atoms with Crippen molar-refractivity contribution in [3.8, 4) is 5.75 Å². The number of nitrogens with zero attached hydrogens (tertiary/aromatic N) is 2. The summed E-state index contributed by atoms with van der Waals surface area (Å²) in [6.07, 6.45) is 0. The van der Waals surface area contributed by atoms with E-state index in [1.807, 2.05) is 0 Å². The van der Waals surface area contributed by atoms with Crippen molar-refractivity contribution in [1.82, 2.24) is 9.80 Å². The summed E-state index contributed by atoms with van der Waals surface area (Å²) in [5.74, 6) is -0.0426. The van der Waals surface area contributed by atoms with Crippen LogP contribution in [0.15, 0.2) is 48.5 Å². The monoisotopic (exact) mass is 385 g/mol. The molecule has 0 atom stereocenters. The highest BCUT2D eigenvalue weighted by Crippen LogP contribution is 2.23. The molecule has 6 nitrogen and oxygen atoms in total. The first-order valence-corrected chi connectivity index (χ1v) is 9.25. The van der Waals surface area contributed by atoms with Crippen molar-refractivity contribution >= 4 is 17.5 Å². The standard InChI is InChI=1S/C21H24FN3O3/c1-16(26)23-19-4-2-3-5-20(19)28-15-21(27)25-12-10-24(11-13-25)14-17-6-8-18(22)9-7-17/h2-9H,10-15H2,1H3,(H,23,26). The van der Waals surface area contributed by atoms with Crippen molar-refractivity contribution in [2.24, 2.45) is 0 Å². The summed E-state index contributed by atoms with van der Waals surface area (Å²) >= 11 is 0. The minimum Gasteiger partial charge on any atom is -0.482 e. The van der Waals surface area contributed by atoms with Gasteiger partial charge in [-0.2, -0.15) is 0 Å². The molecule has 0 aromatic heterocycles. The molecule has 0 aliphatic carbocycles. The number of anilines is 1. The number of hydrogen-bond donors (Lipinski definition) is 1. The Balaban J connectivity index is 1.46. The second kappa shape index (κ2) is 9.32. The van der Waals surface area contributed by atoms with Crippen molar-refractivity contribution < 1.29 is 18.7 Å². The molecule has 0 unspecified atom stereocenters. The zero-order chi connectivity index (χ0) is 19.9. The molecule has 1 heterocycles. The van der Waals surface area contributed by atoms with Crippen LogP contribution >= 0.6 is 0 Å². The Morgan fingerprint density at radius 2 is 1.71 bits per heavy atom. The Hall–Kier alpha value is -2.93. The van der Waals surface area contributed by atoms with E-state index in [0.29, 0.717) is 24.5 Å². The molecule has 2 aromatic carbocycles. The predicted molar refractivity (Wildman–Crippen MR) is 104 cm³/mol. The van der Waals surface area contributed by atoms with E-state index < -0.39 is 0 Å². The molecule has 0 radical (unpaired) electrons. The largest absolute Gasteiger partial charge is 0.482 e. The molecule has 0 spiro atoms. The highest BCUT2D eigenvalue weighted by Gasteiger charge is 2.21. The van der Waals surface area contributed by atoms with Crippen LogP contribution in [-0.4, -0.2) is 54.4 Å². The molecule has 1 N–H and O–H groups in total. The lowest BCUT2D eigenvalue weighted by Gasteiger charge is -2.34. The zero-order valence-electron chi connectivity index (χ0n) is 15.9. The molecule has 1 aliphatic rings. The van der Waals surface area contributed by atoms with E-state index >= 15 is 0 Å². The number of benzene rings is 2. The highest BCUT2D eigenvalue weighted by molar-refractivity contribution is 5.90. The van der Waals surface area contributed by atoms with Gasteiger partial charge in [-0.25, -0.2) is 4.39 Å². The summed E-state index contributed by atoms with van der Waals surface area (Å²) in [5, 5.41) is 2.69. The van der Waals surface area contributed by atoms with E-state index in [0.717, 1.165) is 25.2 Å². The van der Waals surface area contributed by atoms with Gasteiger partial charge in [0.25, 0.3) is 5.91 Å². The van der Waals surface area contributed by atoms with Crippen molar-refractivity contribution in [3.05, 3.63) is 59.9 Å². The average molecular weight is 385 g/mol. The van der Waals surface area contributed by atoms with Crippen molar-refractivity contribution in [3.63, 3.8) is 0 Å². The predicted octanol–water partition coefficient (Wildman–Crippen LogP) is 2.51. The molecule has 0 saturated carbocycles. The van der Waals surface area contributed by atoms with Gasteiger partial charge in [0, 0.05) is 39.6 Å². The third-order valence-electron chi connectivity index (χ3n) is 4.59. The van der Waals surface area contributed by atoms with Gasteiger partial charge in [-0.1, -0.05) is 24.3 Å². The Kier molecular flexibility index (Phi) is 6.60. The van der Waals surface area contributed by atoms with Gasteiger partial charge in [-0.05, 0) is 29.8 Å². The van der Waals surface area contributed by atoms with E-state index in [4.69, 9.17) is 4.74 Å². The Bertz CT molecular complexity index is 818. The van der Waals surface area contributed by atoms with Crippen molar-refractivity contribution in [1.29, 1.82) is 0 Å². The number of para-hydroxylation sites is 2. The first-order chi connectivity index (χ1) is 13.5. The van der Waals surface area contributed by atoms with Crippen LogP contribution in [0.1, 0.15) is 12.5 Å². The van der Waals surface area contributed by atoms with E-state index in [9.17, 15) is 14.0 Å². The van der Waals surface area contributed by atoms with Crippen LogP contribution < -0.4 is 10.1 Å². The molecule has 1 fully saturated rings. The second-order valence-electron chi connectivity index (χ2n) is 6.75. The van der Waals surface area contributed by atoms with Crippen LogP contribution in [0.3, 0.4) is 0 Å². The zero-order valence-corrected chi connectivity index (χ0v) is 15.9. The van der Waals surface area contributed by atoms with Gasteiger partial charge in [-0.3, -0.25) is 14.5 Å². The smallest absolute Gasteiger partial charge is 0.260 e. The maximum Gasteiger partial charge on any atom is 0.260 e. The number of carbonyl (C=O) groups is 2. The van der Waals surface area contributed by atoms with E-state index in [-0.39, 0.29) is 24.2 Å². The van der Waals surface area contributed by atoms with Crippen LogP contribution in [0.5, 0.6) is 5.75 Å². The number of amides is 2. The first-order valence-electron chi connectivity index (χ1n) is 9.25. The van der Waals surface area contributed by atoms with Gasteiger partial charge in [0.2, 0.25) is 5.91 Å². The Labute approximate surface area is 163 Å². The van der Waals surface area contributed by atoms with Crippen molar-refractivity contribution in [2.75, 3.05) is 38.1 Å². The summed E-state index contributed by atoms with van der Waals surface area (Å²) in [6.45, 7) is 4.84. The molecule has 3 rings (SSSR count). The lowest BCUT2D eigenvalue weighted by molar-refractivity contribution is -0.135. The number of piperazine rings is 1. The lowest BCUT2D eigenvalue weighted by Crippen LogP contribution is -2.49. The summed E-state index contributed by atoms with van der Waals surface area (Å²) < 4.78 is 18.6. The fraction of sp³-hybridized carbons (Fsp3) is 0.333. The topological polar surface area (TPSA) is 61.9 Å². The fourth-order valence-electron chi connectivity index (χ4n) is 3.12. The maximum atomic E-state index is 13.0. The minimum absolute atomic E-state index is 0.0748. The maximum absolute atomic E-state index is 13.0. The number of ether oxygens (including phenoxy) is 1. The molecule has 7 heteroatoms. The SMILES string of the molecule is CC(=O)Nc1ccccc1OCC(=O)N1CCN(Cc2ccc(F)cc2)CC1. The average Bonchev–Trinajstić information content (AvgIpc) is 2.69. The molecular formula is C21H24FN3O3. The summed E-state index contributed by atoms with van der Waals surface area (Å²) in [7, 11) is 0. The van der Waals surface area contributed by atoms with Crippen LogP contribution in [0.4, 0.5) is 10.1 Å². The van der Waals surface area contributed by atoms with Gasteiger partial charge in [-0.15, -0.1) is 0 Å². The summed E-state index contributed by atoms with van der Waals surface area (Å²) in [6, 6.07) is 13.5.